The first-order chi connectivity index (χ1) is 8.52. The van der Waals surface area contributed by atoms with E-state index in [9.17, 15) is 14.7 Å². The monoisotopic (exact) mass is 248 g/mol. The fourth-order valence-electron chi connectivity index (χ4n) is 1.73. The Balaban J connectivity index is 2.15. The lowest BCUT2D eigenvalue weighted by molar-refractivity contribution is -0.154. The molecule has 1 saturated carbocycles. The molecule has 1 amide bonds. The topological polar surface area (TPSA) is 79.3 Å². The van der Waals surface area contributed by atoms with Crippen LogP contribution in [-0.4, -0.2) is 28.0 Å². The Labute approximate surface area is 105 Å². The summed E-state index contributed by atoms with van der Waals surface area (Å²) in [6.45, 7) is 1.47. The lowest BCUT2D eigenvalue weighted by atomic mass is 9.83. The number of nitrogens with one attached hydrogen (secondary N) is 1. The number of aromatic nitrogens is 1. The van der Waals surface area contributed by atoms with Gasteiger partial charge in [-0.05, 0) is 43.9 Å². The van der Waals surface area contributed by atoms with E-state index in [2.05, 4.69) is 10.3 Å². The first-order valence-corrected chi connectivity index (χ1v) is 5.95. The zero-order chi connectivity index (χ0) is 13.2. The molecule has 1 aromatic rings. The predicted molar refractivity (Wildman–Crippen MR) is 64.8 cm³/mol. The van der Waals surface area contributed by atoms with Crippen molar-refractivity contribution in [3.05, 3.63) is 30.1 Å². The van der Waals surface area contributed by atoms with Gasteiger partial charge in [-0.25, -0.2) is 0 Å². The van der Waals surface area contributed by atoms with Crippen LogP contribution in [-0.2, 0) is 16.0 Å². The zero-order valence-corrected chi connectivity index (χ0v) is 10.2. The van der Waals surface area contributed by atoms with Gasteiger partial charge in [-0.15, -0.1) is 0 Å². The Bertz CT molecular complexity index is 457. The molecule has 2 rings (SSSR count). The number of carbonyl (C=O) groups excluding carboxylic acids is 1. The van der Waals surface area contributed by atoms with E-state index in [4.69, 9.17) is 0 Å². The highest BCUT2D eigenvalue weighted by Gasteiger charge is 2.43. The molecule has 1 unspecified atom stereocenters. The molecule has 0 saturated heterocycles. The van der Waals surface area contributed by atoms with Crippen LogP contribution in [0.25, 0.3) is 0 Å². The molecule has 18 heavy (non-hydrogen) atoms. The summed E-state index contributed by atoms with van der Waals surface area (Å²) in [6.07, 6.45) is 5.24. The number of rotatable bonds is 5. The van der Waals surface area contributed by atoms with Crippen molar-refractivity contribution in [1.29, 1.82) is 0 Å². The second kappa shape index (κ2) is 4.76. The van der Waals surface area contributed by atoms with Gasteiger partial charge in [0.2, 0.25) is 5.91 Å². The summed E-state index contributed by atoms with van der Waals surface area (Å²) < 4.78 is 0. The normalized spacial score (nSPS) is 17.8. The molecular formula is C13H16N2O3. The molecule has 1 aliphatic carbocycles. The highest BCUT2D eigenvalue weighted by molar-refractivity contribution is 6.02. The largest absolute Gasteiger partial charge is 0.480 e. The van der Waals surface area contributed by atoms with Crippen molar-refractivity contribution >= 4 is 11.9 Å². The number of carbonyl (C=O) groups is 2. The van der Waals surface area contributed by atoms with Crippen LogP contribution in [0.3, 0.4) is 0 Å². The van der Waals surface area contributed by atoms with Gasteiger partial charge in [0.25, 0.3) is 0 Å². The number of aliphatic carboxylic acids is 1. The van der Waals surface area contributed by atoms with Gasteiger partial charge in [0.1, 0.15) is 5.41 Å². The van der Waals surface area contributed by atoms with Gasteiger partial charge in [0.15, 0.2) is 0 Å². The maximum absolute atomic E-state index is 12.1. The molecule has 1 aliphatic rings. The van der Waals surface area contributed by atoms with E-state index < -0.39 is 17.3 Å². The quantitative estimate of drug-likeness (QED) is 0.762. The minimum atomic E-state index is -1.43. The fourth-order valence-corrected chi connectivity index (χ4v) is 1.73. The van der Waals surface area contributed by atoms with Crippen molar-refractivity contribution in [2.45, 2.75) is 32.2 Å². The van der Waals surface area contributed by atoms with Crippen molar-refractivity contribution in [3.8, 4) is 0 Å². The number of amides is 1. The Kier molecular flexibility index (Phi) is 3.32. The molecule has 5 heteroatoms. The summed E-state index contributed by atoms with van der Waals surface area (Å²) in [5, 5.41) is 12.1. The first kappa shape index (κ1) is 12.5. The molecule has 1 heterocycles. The Morgan fingerprint density at radius 1 is 1.44 bits per heavy atom. The second-order valence-electron chi connectivity index (χ2n) is 4.92. The van der Waals surface area contributed by atoms with Crippen molar-refractivity contribution in [3.63, 3.8) is 0 Å². The summed E-state index contributed by atoms with van der Waals surface area (Å²) in [4.78, 5) is 27.3. The van der Waals surface area contributed by atoms with Gasteiger partial charge in [-0.1, -0.05) is 0 Å². The smallest absolute Gasteiger partial charge is 0.319 e. The summed E-state index contributed by atoms with van der Waals surface area (Å²) in [5.41, 5.74) is -0.634. The Hall–Kier alpha value is -1.91. The summed E-state index contributed by atoms with van der Waals surface area (Å²) in [5.74, 6) is -1.51. The van der Waals surface area contributed by atoms with Crippen LogP contribution in [0.1, 0.15) is 25.3 Å². The SMILES string of the molecule is CC(Cc1ccncc1)(C(=O)O)C(=O)NC1CC1. The molecule has 2 N–H and O–H groups in total. The molecule has 0 radical (unpaired) electrons. The van der Waals surface area contributed by atoms with Gasteiger partial charge in [0, 0.05) is 18.4 Å². The highest BCUT2D eigenvalue weighted by Crippen LogP contribution is 2.26. The second-order valence-corrected chi connectivity index (χ2v) is 4.92. The third-order valence-electron chi connectivity index (χ3n) is 3.19. The zero-order valence-electron chi connectivity index (χ0n) is 10.2. The van der Waals surface area contributed by atoms with Gasteiger partial charge in [0.05, 0.1) is 0 Å². The maximum atomic E-state index is 12.1. The molecule has 5 nitrogen and oxygen atoms in total. The molecule has 0 aromatic carbocycles. The minimum absolute atomic E-state index is 0.161. The summed E-state index contributed by atoms with van der Waals surface area (Å²) in [7, 11) is 0. The van der Waals surface area contributed by atoms with Crippen molar-refractivity contribution in [2.24, 2.45) is 5.41 Å². The lowest BCUT2D eigenvalue weighted by Gasteiger charge is -2.23. The van der Waals surface area contributed by atoms with Crippen molar-refractivity contribution in [2.75, 3.05) is 0 Å². The summed E-state index contributed by atoms with van der Waals surface area (Å²) >= 11 is 0. The number of carboxylic acid groups (broad SMARTS) is 1. The number of carboxylic acids is 1. The van der Waals surface area contributed by atoms with Gasteiger partial charge >= 0.3 is 5.97 Å². The molecule has 1 atom stereocenters. The van der Waals surface area contributed by atoms with Crippen LogP contribution < -0.4 is 5.32 Å². The van der Waals surface area contributed by atoms with E-state index >= 15 is 0 Å². The molecule has 0 aliphatic heterocycles. The molecular weight excluding hydrogens is 232 g/mol. The average Bonchev–Trinajstić information content (AvgIpc) is 3.13. The fraction of sp³-hybridized carbons (Fsp3) is 0.462. The lowest BCUT2D eigenvalue weighted by Crippen LogP contribution is -2.46. The van der Waals surface area contributed by atoms with E-state index in [0.29, 0.717) is 0 Å². The van der Waals surface area contributed by atoms with Crippen LogP contribution in [0.5, 0.6) is 0 Å². The summed E-state index contributed by atoms with van der Waals surface area (Å²) in [6, 6.07) is 3.62. The molecule has 1 aromatic heterocycles. The molecule has 96 valence electrons. The Morgan fingerprint density at radius 2 is 2.06 bits per heavy atom. The average molecular weight is 248 g/mol. The minimum Gasteiger partial charge on any atom is -0.480 e. The molecule has 0 bridgehead atoms. The van der Waals surface area contributed by atoms with Crippen molar-refractivity contribution < 1.29 is 14.7 Å². The van der Waals surface area contributed by atoms with E-state index in [1.54, 1.807) is 24.5 Å². The first-order valence-electron chi connectivity index (χ1n) is 5.95. The molecule has 0 spiro atoms. The number of hydrogen-bond acceptors (Lipinski definition) is 3. The standard InChI is InChI=1S/C13H16N2O3/c1-13(12(17)18,11(16)15-10-2-3-10)8-9-4-6-14-7-5-9/h4-7,10H,2-3,8H2,1H3,(H,15,16)(H,17,18). The maximum Gasteiger partial charge on any atom is 0.319 e. The van der Waals surface area contributed by atoms with Crippen LogP contribution in [0.4, 0.5) is 0 Å². The third-order valence-corrected chi connectivity index (χ3v) is 3.19. The van der Waals surface area contributed by atoms with Gasteiger partial charge < -0.3 is 10.4 Å². The number of hydrogen-bond donors (Lipinski definition) is 2. The van der Waals surface area contributed by atoms with Crippen molar-refractivity contribution in [1.82, 2.24) is 10.3 Å². The van der Waals surface area contributed by atoms with Crippen LogP contribution in [0.2, 0.25) is 0 Å². The number of pyridine rings is 1. The number of nitrogens with zero attached hydrogens (tertiary/aromatic N) is 1. The van der Waals surface area contributed by atoms with E-state index in [1.165, 1.54) is 6.92 Å². The van der Waals surface area contributed by atoms with E-state index in [1.807, 2.05) is 0 Å². The van der Waals surface area contributed by atoms with Crippen LogP contribution in [0, 0.1) is 5.41 Å². The van der Waals surface area contributed by atoms with E-state index in [0.717, 1.165) is 18.4 Å². The van der Waals surface area contributed by atoms with Crippen LogP contribution >= 0.6 is 0 Å². The van der Waals surface area contributed by atoms with E-state index in [-0.39, 0.29) is 12.5 Å². The van der Waals surface area contributed by atoms with Gasteiger partial charge in [-0.2, -0.15) is 0 Å². The molecule has 1 fully saturated rings. The van der Waals surface area contributed by atoms with Crippen LogP contribution in [0.15, 0.2) is 24.5 Å². The predicted octanol–water partition coefficient (Wildman–Crippen LogP) is 0.994. The Morgan fingerprint density at radius 3 is 2.56 bits per heavy atom. The highest BCUT2D eigenvalue weighted by atomic mass is 16.4. The third kappa shape index (κ3) is 2.67. The van der Waals surface area contributed by atoms with Gasteiger partial charge in [-0.3, -0.25) is 14.6 Å².